The van der Waals surface area contributed by atoms with Crippen molar-refractivity contribution in [3.8, 4) is 11.5 Å². The van der Waals surface area contributed by atoms with Gasteiger partial charge in [-0.1, -0.05) is 0 Å². The number of sulfonamides is 1. The van der Waals surface area contributed by atoms with E-state index in [1.165, 1.54) is 25.3 Å². The zero-order valence-corrected chi connectivity index (χ0v) is 31.3. The van der Waals surface area contributed by atoms with Crippen LogP contribution < -0.4 is 19.1 Å². The highest BCUT2D eigenvalue weighted by Crippen LogP contribution is 2.53. The Kier molecular flexibility index (Phi) is 14.2. The van der Waals surface area contributed by atoms with Gasteiger partial charge in [-0.05, 0) is 95.3 Å². The molecule has 0 radical (unpaired) electrons. The number of amides is 2. The summed E-state index contributed by atoms with van der Waals surface area (Å²) >= 11 is 0. The zero-order valence-electron chi connectivity index (χ0n) is 29.6. The molecule has 2 aromatic rings. The minimum atomic E-state index is -4.64. The lowest BCUT2D eigenvalue weighted by Gasteiger charge is -2.36. The molecule has 2 aliphatic heterocycles. The summed E-state index contributed by atoms with van der Waals surface area (Å²) in [6, 6.07) is 9.30. The van der Waals surface area contributed by atoms with E-state index in [-0.39, 0.29) is 33.7 Å². The summed E-state index contributed by atoms with van der Waals surface area (Å²) in [5, 5.41) is 2.87. The van der Waals surface area contributed by atoms with E-state index in [1.807, 2.05) is 33.8 Å². The van der Waals surface area contributed by atoms with Crippen molar-refractivity contribution in [1.29, 1.82) is 0 Å². The number of ether oxygens (including phenoxy) is 4. The van der Waals surface area contributed by atoms with Gasteiger partial charge in [-0.25, -0.2) is 17.3 Å². The first kappa shape index (κ1) is 42.3. The van der Waals surface area contributed by atoms with Crippen LogP contribution in [-0.2, 0) is 34.3 Å². The van der Waals surface area contributed by atoms with Crippen molar-refractivity contribution in [2.24, 2.45) is 0 Å². The van der Waals surface area contributed by atoms with Crippen molar-refractivity contribution in [3.63, 3.8) is 0 Å². The Morgan fingerprint density at radius 3 is 2.27 bits per heavy atom. The number of benzene rings is 2. The molecule has 1 spiro atoms. The SMILES string of the molecule is CCOc1ccc2c(c1)[C@]1(CC[C@@H](OCCN3CCOCC3)CC1)C(=O)N2S(=O)(=O)c1ccc(C(=O)NC(C)(C)C)cc1OC.O.O=P(O)(O)O. The molecule has 18 heteroatoms. The first-order chi connectivity index (χ1) is 23.4. The topological polar surface area (TPSA) is 233 Å². The van der Waals surface area contributed by atoms with E-state index in [2.05, 4.69) is 10.2 Å². The Bertz CT molecular complexity index is 1670. The number of morpholine rings is 1. The number of nitrogens with zero attached hydrogens (tertiary/aromatic N) is 2. The van der Waals surface area contributed by atoms with Gasteiger partial charge in [-0.3, -0.25) is 14.5 Å². The van der Waals surface area contributed by atoms with Gasteiger partial charge in [-0.15, -0.1) is 0 Å². The number of anilines is 1. The molecule has 2 heterocycles. The molecule has 2 fully saturated rings. The average molecular weight is 760 g/mol. The van der Waals surface area contributed by atoms with Gasteiger partial charge in [0.15, 0.2) is 0 Å². The number of hydrogen-bond acceptors (Lipinski definition) is 10. The van der Waals surface area contributed by atoms with E-state index in [0.29, 0.717) is 55.9 Å². The number of nitrogens with one attached hydrogen (secondary N) is 1. The number of carbonyl (C=O) groups excluding carboxylic acids is 2. The van der Waals surface area contributed by atoms with Crippen molar-refractivity contribution in [2.75, 3.05) is 57.5 Å². The van der Waals surface area contributed by atoms with Crippen LogP contribution in [0.15, 0.2) is 41.3 Å². The molecule has 51 heavy (non-hydrogen) atoms. The summed E-state index contributed by atoms with van der Waals surface area (Å²) in [6.45, 7) is 12.6. The third-order valence-corrected chi connectivity index (χ3v) is 10.4. The maximum atomic E-state index is 14.4. The van der Waals surface area contributed by atoms with Crippen LogP contribution in [0.4, 0.5) is 5.69 Å². The summed E-state index contributed by atoms with van der Waals surface area (Å²) in [6.07, 6.45) is 2.14. The summed E-state index contributed by atoms with van der Waals surface area (Å²) in [5.41, 5.74) is -0.305. The monoisotopic (exact) mass is 759 g/mol. The first-order valence-corrected chi connectivity index (χ1v) is 19.5. The molecule has 1 saturated carbocycles. The molecule has 6 N–H and O–H groups in total. The molecule has 1 saturated heterocycles. The van der Waals surface area contributed by atoms with E-state index >= 15 is 0 Å². The van der Waals surface area contributed by atoms with Crippen LogP contribution in [-0.4, -0.2) is 110 Å². The van der Waals surface area contributed by atoms with E-state index < -0.39 is 34.7 Å². The van der Waals surface area contributed by atoms with Gasteiger partial charge in [0.05, 0.1) is 50.7 Å². The molecule has 0 unspecified atom stereocenters. The predicted molar refractivity (Wildman–Crippen MR) is 188 cm³/mol. The standard InChI is InChI=1S/C33H45N3O8S.H3O4P.H2O/c1-6-43-25-8-9-27-26(22-25)33(13-11-24(12-14-33)44-20-17-35-15-18-42-19-16-35)31(38)36(27)45(39,40)29-10-7-23(21-28(29)41-5)30(37)34-32(2,3)4;1-5(2,3)4;/h7-10,21-22,24H,6,11-20H2,1-5H3,(H,34,37);(H3,1,2,3,4);1H2/t24-,33-;;. The van der Waals surface area contributed by atoms with Crippen LogP contribution >= 0.6 is 7.82 Å². The molecule has 1 aliphatic carbocycles. The Labute approximate surface area is 298 Å². The lowest BCUT2D eigenvalue weighted by Crippen LogP contribution is -2.46. The highest BCUT2D eigenvalue weighted by Gasteiger charge is 2.56. The summed E-state index contributed by atoms with van der Waals surface area (Å²) < 4.78 is 61.4. The highest BCUT2D eigenvalue weighted by molar-refractivity contribution is 7.93. The lowest BCUT2D eigenvalue weighted by molar-refractivity contribution is -0.124. The van der Waals surface area contributed by atoms with Crippen LogP contribution in [0.25, 0.3) is 0 Å². The predicted octanol–water partition coefficient (Wildman–Crippen LogP) is 2.13. The molecule has 16 nitrogen and oxygen atoms in total. The second kappa shape index (κ2) is 17.1. The van der Waals surface area contributed by atoms with Gasteiger partial charge in [0.2, 0.25) is 0 Å². The third kappa shape index (κ3) is 10.5. The van der Waals surface area contributed by atoms with Gasteiger partial charge in [-0.2, -0.15) is 0 Å². The number of rotatable bonds is 10. The second-order valence-corrected chi connectivity index (χ2v) is 16.2. The van der Waals surface area contributed by atoms with Crippen molar-refractivity contribution in [3.05, 3.63) is 47.5 Å². The molecular formula is C33H50N3O13PS. The van der Waals surface area contributed by atoms with E-state index in [0.717, 1.165) is 37.2 Å². The molecule has 5 rings (SSSR count). The fourth-order valence-electron chi connectivity index (χ4n) is 6.43. The van der Waals surface area contributed by atoms with Crippen LogP contribution in [0, 0.1) is 0 Å². The minimum Gasteiger partial charge on any atom is -0.495 e. The fourth-order valence-corrected chi connectivity index (χ4v) is 8.07. The minimum absolute atomic E-state index is 0. The van der Waals surface area contributed by atoms with E-state index in [4.69, 9.17) is 38.2 Å². The first-order valence-electron chi connectivity index (χ1n) is 16.5. The Morgan fingerprint density at radius 1 is 1.08 bits per heavy atom. The normalized spacial score (nSPS) is 20.9. The molecule has 0 aromatic heterocycles. The van der Waals surface area contributed by atoms with Gasteiger partial charge in [0, 0.05) is 30.7 Å². The maximum absolute atomic E-state index is 14.4. The van der Waals surface area contributed by atoms with Crippen molar-refractivity contribution >= 4 is 35.3 Å². The fraction of sp³-hybridized carbons (Fsp3) is 0.576. The summed E-state index contributed by atoms with van der Waals surface area (Å²) in [5.74, 6) is -0.290. The largest absolute Gasteiger partial charge is 0.495 e. The summed E-state index contributed by atoms with van der Waals surface area (Å²) in [4.78, 5) is 50.9. The number of fused-ring (bicyclic) bond motifs is 2. The van der Waals surface area contributed by atoms with Crippen molar-refractivity contribution in [2.45, 2.75) is 75.3 Å². The number of carbonyl (C=O) groups is 2. The van der Waals surface area contributed by atoms with Gasteiger partial charge in [0.25, 0.3) is 21.8 Å². The Morgan fingerprint density at radius 2 is 1.71 bits per heavy atom. The summed E-state index contributed by atoms with van der Waals surface area (Å²) in [7, 11) is -7.72. The maximum Gasteiger partial charge on any atom is 0.466 e. The molecule has 286 valence electrons. The van der Waals surface area contributed by atoms with Gasteiger partial charge < -0.3 is 44.4 Å². The molecule has 2 amide bonds. The third-order valence-electron chi connectivity index (χ3n) is 8.69. The second-order valence-electron chi connectivity index (χ2n) is 13.4. The molecule has 2 aromatic carbocycles. The zero-order chi connectivity index (χ0) is 36.9. The van der Waals surface area contributed by atoms with Crippen molar-refractivity contribution < 1.29 is 61.7 Å². The molecular weight excluding hydrogens is 709 g/mol. The van der Waals surface area contributed by atoms with Gasteiger partial charge in [0.1, 0.15) is 16.4 Å². The van der Waals surface area contributed by atoms with E-state index in [1.54, 1.807) is 12.1 Å². The lowest BCUT2D eigenvalue weighted by atomic mass is 9.69. The number of phosphoric acid groups is 1. The average Bonchev–Trinajstić information content (AvgIpc) is 3.27. The molecule has 3 aliphatic rings. The van der Waals surface area contributed by atoms with Crippen LogP contribution in [0.5, 0.6) is 11.5 Å². The van der Waals surface area contributed by atoms with Crippen LogP contribution in [0.3, 0.4) is 0 Å². The number of hydrogen-bond donors (Lipinski definition) is 4. The van der Waals surface area contributed by atoms with Crippen LogP contribution in [0.2, 0.25) is 0 Å². The smallest absolute Gasteiger partial charge is 0.466 e. The van der Waals surface area contributed by atoms with Crippen molar-refractivity contribution in [1.82, 2.24) is 10.2 Å². The molecule has 0 atom stereocenters. The van der Waals surface area contributed by atoms with Crippen LogP contribution in [0.1, 0.15) is 69.3 Å². The highest BCUT2D eigenvalue weighted by atomic mass is 32.2. The quantitative estimate of drug-likeness (QED) is 0.255. The number of methoxy groups -OCH3 is 1. The Hall–Kier alpha value is -3.12. The molecule has 0 bridgehead atoms. The van der Waals surface area contributed by atoms with Gasteiger partial charge >= 0.3 is 7.82 Å². The van der Waals surface area contributed by atoms with E-state index in [9.17, 15) is 18.0 Å². The Balaban J connectivity index is 0.00000109.